The second-order valence-electron chi connectivity index (χ2n) is 11.0. The second-order valence-corrected chi connectivity index (χ2v) is 11.0. The number of methoxy groups -OCH3 is 1. The first-order chi connectivity index (χ1) is 21.9. The third kappa shape index (κ3) is 8.56. The Morgan fingerprint density at radius 2 is 1.50 bits per heavy atom. The number of hydrogen-bond acceptors (Lipinski definition) is 6. The van der Waals surface area contributed by atoms with Crippen LogP contribution < -0.4 is 0 Å². The van der Waals surface area contributed by atoms with Crippen molar-refractivity contribution in [2.75, 3.05) is 13.7 Å². The van der Waals surface area contributed by atoms with Crippen molar-refractivity contribution in [2.24, 2.45) is 4.99 Å². The first kappa shape index (κ1) is 34.3. The third-order valence-electron chi connectivity index (χ3n) is 8.06. The molecular weight excluding hydrogens is 625 g/mol. The van der Waals surface area contributed by atoms with Crippen molar-refractivity contribution in [3.63, 3.8) is 0 Å². The Morgan fingerprint density at radius 3 is 2.15 bits per heavy atom. The van der Waals surface area contributed by atoms with Gasteiger partial charge in [0.1, 0.15) is 0 Å². The molecule has 46 heavy (non-hydrogen) atoms. The van der Waals surface area contributed by atoms with Gasteiger partial charge in [0.05, 0.1) is 31.2 Å². The van der Waals surface area contributed by atoms with Crippen molar-refractivity contribution in [3.8, 4) is 0 Å². The first-order valence-corrected chi connectivity index (χ1v) is 15.1. The van der Waals surface area contributed by atoms with Crippen molar-refractivity contribution in [2.45, 2.75) is 43.8 Å². The zero-order valence-electron chi connectivity index (χ0n) is 25.5. The molecule has 0 radical (unpaired) electrons. The summed E-state index contributed by atoms with van der Waals surface area (Å²) in [6, 6.07) is 33.7. The molecule has 240 valence electrons. The third-order valence-corrected chi connectivity index (χ3v) is 8.06. The zero-order valence-corrected chi connectivity index (χ0v) is 26.5. The quantitative estimate of drug-likeness (QED) is 0.105. The Morgan fingerprint density at radius 1 is 0.891 bits per heavy atom. The molecule has 0 aromatic heterocycles. The number of likely N-dealkylation sites (tertiary alicyclic amines) is 1. The van der Waals surface area contributed by atoms with Crippen LogP contribution in [0.25, 0.3) is 5.32 Å². The largest absolute Gasteiger partial charge is 0.625 e. The van der Waals surface area contributed by atoms with E-state index >= 15 is 0 Å². The Kier molecular flexibility index (Phi) is 12.4. The summed E-state index contributed by atoms with van der Waals surface area (Å²) in [5.74, 6) is -2.77. The number of hydrogen-bond donors (Lipinski definition) is 1. The van der Waals surface area contributed by atoms with E-state index in [0.29, 0.717) is 41.1 Å². The van der Waals surface area contributed by atoms with Gasteiger partial charge in [0.25, 0.3) is 0 Å². The van der Waals surface area contributed by atoms with Crippen molar-refractivity contribution in [3.05, 3.63) is 143 Å². The monoisotopic (exact) mass is 660 g/mol. The number of esters is 1. The molecule has 1 fully saturated rings. The molecule has 1 N–H and O–H groups in total. The molecule has 4 aromatic rings. The van der Waals surface area contributed by atoms with Crippen LogP contribution in [-0.4, -0.2) is 59.3 Å². The van der Waals surface area contributed by atoms with Crippen molar-refractivity contribution >= 4 is 29.2 Å². The molecule has 0 spiro atoms. The van der Waals surface area contributed by atoms with Crippen LogP contribution in [0, 0.1) is 0 Å². The fraction of sp³-hybridized carbons (Fsp3) is 0.243. The van der Waals surface area contributed by atoms with Gasteiger partial charge in [0, 0.05) is 34.5 Å². The number of carbonyl (C=O) groups excluding carboxylic acids is 2. The van der Waals surface area contributed by atoms with Crippen LogP contribution in [0.2, 0.25) is 0 Å². The summed E-state index contributed by atoms with van der Waals surface area (Å²) in [6.07, 6.45) is 1.44. The van der Waals surface area contributed by atoms with E-state index in [1.165, 1.54) is 7.11 Å². The molecule has 1 aliphatic rings. The Hall–Kier alpha value is -4.59. The Bertz CT molecular complexity index is 1630. The number of carboxylic acid groups (broad SMARTS) is 1. The van der Waals surface area contributed by atoms with Gasteiger partial charge < -0.3 is 20.0 Å². The fourth-order valence-electron chi connectivity index (χ4n) is 5.80. The predicted molar refractivity (Wildman–Crippen MR) is 174 cm³/mol. The van der Waals surface area contributed by atoms with Gasteiger partial charge in [-0.25, -0.2) is 4.79 Å². The molecule has 1 unspecified atom stereocenters. The summed E-state index contributed by atoms with van der Waals surface area (Å²) < 4.78 is 4.93. The van der Waals surface area contributed by atoms with E-state index in [2.05, 4.69) is 22.3 Å². The second kappa shape index (κ2) is 16.6. The van der Waals surface area contributed by atoms with Crippen LogP contribution in [0.5, 0.6) is 0 Å². The number of amides is 1. The minimum atomic E-state index is -1.33. The van der Waals surface area contributed by atoms with Crippen LogP contribution in [0.3, 0.4) is 0 Å². The number of carboxylic acids is 1. The normalized spacial score (nSPS) is 16.1. The molecule has 0 bridgehead atoms. The predicted octanol–water partition coefficient (Wildman–Crippen LogP) is 6.52. The van der Waals surface area contributed by atoms with E-state index in [-0.39, 0.29) is 34.9 Å². The maximum absolute atomic E-state index is 13.7. The van der Waals surface area contributed by atoms with Crippen LogP contribution in [0.1, 0.15) is 47.4 Å². The Labute approximate surface area is 279 Å². The number of nitrogens with zero attached hydrogens (tertiary/aromatic N) is 3. The van der Waals surface area contributed by atoms with Gasteiger partial charge in [-0.2, -0.15) is 0 Å². The van der Waals surface area contributed by atoms with Crippen LogP contribution in [0.15, 0.2) is 120 Å². The van der Waals surface area contributed by atoms with Crippen LogP contribution in [-0.2, 0) is 42.2 Å². The maximum Gasteiger partial charge on any atom is 0.329 e. The average molecular weight is 661 g/mol. The number of rotatable bonds is 12. The Balaban J connectivity index is 0.00000480. The van der Waals surface area contributed by atoms with Crippen LogP contribution in [0.4, 0.5) is 5.69 Å². The van der Waals surface area contributed by atoms with E-state index in [1.54, 1.807) is 42.5 Å². The van der Waals surface area contributed by atoms with Gasteiger partial charge in [-0.15, -0.1) is 5.69 Å². The molecule has 9 heteroatoms. The SMILES string of the molecule is COC(=O)CC(c1ccccc1)[C@H](N=C(c1ccccc1)c1ccccc1[N-]C(=O)[C@@H]1CCCN1Cc1ccccc1)C(=O)O.[Ni]. The summed E-state index contributed by atoms with van der Waals surface area (Å²) >= 11 is 0. The minimum absolute atomic E-state index is 0. The number of aliphatic carboxylic acids is 1. The van der Waals surface area contributed by atoms with Gasteiger partial charge in [-0.05, 0) is 36.1 Å². The van der Waals surface area contributed by atoms with E-state index < -0.39 is 23.9 Å². The molecular formula is C37H36N3NiO5-. The molecule has 1 saturated heterocycles. The summed E-state index contributed by atoms with van der Waals surface area (Å²) in [6.45, 7) is 1.47. The zero-order chi connectivity index (χ0) is 31.6. The van der Waals surface area contributed by atoms with E-state index in [9.17, 15) is 19.5 Å². The number of benzene rings is 4. The van der Waals surface area contributed by atoms with E-state index in [0.717, 1.165) is 18.5 Å². The summed E-state index contributed by atoms with van der Waals surface area (Å²) in [7, 11) is 1.28. The number of carbonyl (C=O) groups is 3. The molecule has 0 aliphatic carbocycles. The minimum Gasteiger partial charge on any atom is -0.625 e. The molecule has 1 amide bonds. The van der Waals surface area contributed by atoms with Gasteiger partial charge in [0.2, 0.25) is 0 Å². The molecule has 8 nitrogen and oxygen atoms in total. The van der Waals surface area contributed by atoms with E-state index in [1.807, 2.05) is 60.7 Å². The summed E-state index contributed by atoms with van der Waals surface area (Å²) in [5, 5.41) is 15.1. The summed E-state index contributed by atoms with van der Waals surface area (Å²) in [4.78, 5) is 46.0. The van der Waals surface area contributed by atoms with Crippen LogP contribution >= 0.6 is 0 Å². The van der Waals surface area contributed by atoms with Gasteiger partial charge in [-0.3, -0.25) is 14.7 Å². The molecule has 1 heterocycles. The average Bonchev–Trinajstić information content (AvgIpc) is 3.54. The number of para-hydroxylation sites is 1. The topological polar surface area (TPSA) is 110 Å². The molecule has 0 saturated carbocycles. The molecule has 1 aliphatic heterocycles. The smallest absolute Gasteiger partial charge is 0.329 e. The number of aliphatic imine (C=N–C) groups is 1. The van der Waals surface area contributed by atoms with Gasteiger partial charge in [0.15, 0.2) is 6.04 Å². The standard InChI is InChI=1S/C37H37N3O5.Ni/c1-45-33(41)24-30(27-16-7-3-8-17-27)35(37(43)44)39-34(28-18-9-4-10-19-28)29-20-11-12-21-31(29)38-36(42)32-22-13-23-40(32)25-26-14-5-2-6-15-26;/h2-12,14-21,30,32,35H,13,22-25H2,1H3,(H2,38,39,42,43,44);/p-1/t30?,32-,35-;/m0./s1. The molecule has 3 atom stereocenters. The molecule has 5 rings (SSSR count). The van der Waals surface area contributed by atoms with Gasteiger partial charge in [-0.1, -0.05) is 115 Å². The van der Waals surface area contributed by atoms with E-state index in [4.69, 9.17) is 9.73 Å². The first-order valence-electron chi connectivity index (χ1n) is 15.1. The van der Waals surface area contributed by atoms with Crippen molar-refractivity contribution in [1.82, 2.24) is 4.90 Å². The van der Waals surface area contributed by atoms with Crippen molar-refractivity contribution < 1.29 is 40.7 Å². The van der Waals surface area contributed by atoms with Crippen molar-refractivity contribution in [1.29, 1.82) is 0 Å². The summed E-state index contributed by atoms with van der Waals surface area (Å²) in [5.41, 5.74) is 3.75. The number of ether oxygens (including phenoxy) is 1. The van der Waals surface area contributed by atoms with Gasteiger partial charge >= 0.3 is 11.9 Å². The maximum atomic E-state index is 13.7. The molecule has 4 aromatic carbocycles. The fourth-order valence-corrected chi connectivity index (χ4v) is 5.80.